The van der Waals surface area contributed by atoms with Gasteiger partial charge in [0.25, 0.3) is 0 Å². The third-order valence-electron chi connectivity index (χ3n) is 3.14. The number of fused-ring (bicyclic) bond motifs is 1. The molecule has 5 nitrogen and oxygen atoms in total. The molecule has 0 fully saturated rings. The van der Waals surface area contributed by atoms with Crippen molar-refractivity contribution in [2.24, 2.45) is 0 Å². The second-order valence-electron chi connectivity index (χ2n) is 5.93. The Labute approximate surface area is 129 Å². The molecule has 0 saturated carbocycles. The summed E-state index contributed by atoms with van der Waals surface area (Å²) in [5.41, 5.74) is 1.57. The highest BCUT2D eigenvalue weighted by Crippen LogP contribution is 2.22. The third-order valence-corrected chi connectivity index (χ3v) is 4.91. The standard InChI is InChI=1S/C14H21N3O2S2/c1-10(16-9-14(2,3)17-21(4,18)19)11-7-13-12(15-8-11)5-6-20-13/h5-8,10,16-17H,9H2,1-4H3. The third kappa shape index (κ3) is 4.74. The number of rotatable bonds is 6. The van der Waals surface area contributed by atoms with Gasteiger partial charge in [0.1, 0.15) is 0 Å². The summed E-state index contributed by atoms with van der Waals surface area (Å²) in [6.45, 7) is 6.29. The molecule has 0 saturated heterocycles. The fraction of sp³-hybridized carbons (Fsp3) is 0.500. The molecule has 0 aromatic carbocycles. The lowest BCUT2D eigenvalue weighted by Crippen LogP contribution is -2.50. The van der Waals surface area contributed by atoms with E-state index in [1.807, 2.05) is 38.4 Å². The number of aromatic nitrogens is 1. The minimum atomic E-state index is -3.22. The maximum Gasteiger partial charge on any atom is 0.209 e. The van der Waals surface area contributed by atoms with Gasteiger partial charge in [0, 0.05) is 24.3 Å². The van der Waals surface area contributed by atoms with E-state index < -0.39 is 15.6 Å². The Hall–Kier alpha value is -1.02. The van der Waals surface area contributed by atoms with E-state index in [-0.39, 0.29) is 6.04 Å². The average molecular weight is 327 g/mol. The predicted octanol–water partition coefficient (Wildman–Crippen LogP) is 2.27. The number of hydrogen-bond acceptors (Lipinski definition) is 5. The fourth-order valence-electron chi connectivity index (χ4n) is 2.16. The van der Waals surface area contributed by atoms with E-state index in [4.69, 9.17) is 0 Å². The van der Waals surface area contributed by atoms with Gasteiger partial charge in [-0.25, -0.2) is 13.1 Å². The molecule has 2 N–H and O–H groups in total. The first-order valence-electron chi connectivity index (χ1n) is 6.72. The Morgan fingerprint density at radius 2 is 2.14 bits per heavy atom. The lowest BCUT2D eigenvalue weighted by Gasteiger charge is -2.27. The quantitative estimate of drug-likeness (QED) is 0.854. The van der Waals surface area contributed by atoms with E-state index in [1.54, 1.807) is 11.3 Å². The van der Waals surface area contributed by atoms with Gasteiger partial charge in [-0.05, 0) is 43.8 Å². The molecule has 0 aliphatic carbocycles. The highest BCUT2D eigenvalue weighted by atomic mass is 32.2. The summed E-state index contributed by atoms with van der Waals surface area (Å²) in [5, 5.41) is 5.38. The van der Waals surface area contributed by atoms with E-state index in [0.29, 0.717) is 6.54 Å². The lowest BCUT2D eigenvalue weighted by atomic mass is 10.1. The van der Waals surface area contributed by atoms with Gasteiger partial charge in [0.05, 0.1) is 16.5 Å². The SMILES string of the molecule is CC(NCC(C)(C)NS(C)(=O)=O)c1cnc2ccsc2c1. The maximum atomic E-state index is 11.3. The first kappa shape index (κ1) is 16.4. The lowest BCUT2D eigenvalue weighted by molar-refractivity contribution is 0.399. The maximum absolute atomic E-state index is 11.3. The molecule has 0 aliphatic rings. The summed E-state index contributed by atoms with van der Waals surface area (Å²) in [5.74, 6) is 0. The van der Waals surface area contributed by atoms with Gasteiger partial charge in [0.15, 0.2) is 0 Å². The number of sulfonamides is 1. The van der Waals surface area contributed by atoms with Crippen molar-refractivity contribution in [2.75, 3.05) is 12.8 Å². The van der Waals surface area contributed by atoms with Gasteiger partial charge in [0.2, 0.25) is 10.0 Å². The predicted molar refractivity (Wildman–Crippen MR) is 88.1 cm³/mol. The molecular formula is C14H21N3O2S2. The van der Waals surface area contributed by atoms with Crippen LogP contribution < -0.4 is 10.0 Å². The van der Waals surface area contributed by atoms with E-state index in [9.17, 15) is 8.42 Å². The Morgan fingerprint density at radius 1 is 1.43 bits per heavy atom. The Kier molecular flexibility index (Phi) is 4.67. The fourth-order valence-corrected chi connectivity index (χ4v) is 4.03. The zero-order chi connectivity index (χ0) is 15.7. The molecule has 2 aromatic heterocycles. The van der Waals surface area contributed by atoms with Crippen LogP contribution in [-0.4, -0.2) is 31.7 Å². The molecule has 0 radical (unpaired) electrons. The van der Waals surface area contributed by atoms with E-state index >= 15 is 0 Å². The molecular weight excluding hydrogens is 306 g/mol. The van der Waals surface area contributed by atoms with Gasteiger partial charge in [-0.3, -0.25) is 4.98 Å². The number of hydrogen-bond donors (Lipinski definition) is 2. The zero-order valence-corrected chi connectivity index (χ0v) is 14.3. The first-order chi connectivity index (χ1) is 9.66. The summed E-state index contributed by atoms with van der Waals surface area (Å²) in [7, 11) is -3.22. The summed E-state index contributed by atoms with van der Waals surface area (Å²) in [4.78, 5) is 4.42. The van der Waals surface area contributed by atoms with Crippen LogP contribution in [0.15, 0.2) is 23.7 Å². The molecule has 21 heavy (non-hydrogen) atoms. The van der Waals surface area contributed by atoms with Crippen LogP contribution in [0.1, 0.15) is 32.4 Å². The van der Waals surface area contributed by atoms with Crippen molar-refractivity contribution in [1.29, 1.82) is 0 Å². The molecule has 116 valence electrons. The molecule has 2 heterocycles. The van der Waals surface area contributed by atoms with Crippen LogP contribution in [0.3, 0.4) is 0 Å². The minimum Gasteiger partial charge on any atom is -0.308 e. The van der Waals surface area contributed by atoms with Crippen molar-refractivity contribution < 1.29 is 8.42 Å². The highest BCUT2D eigenvalue weighted by Gasteiger charge is 2.22. The van der Waals surface area contributed by atoms with Crippen LogP contribution in [0.2, 0.25) is 0 Å². The van der Waals surface area contributed by atoms with Crippen molar-refractivity contribution in [2.45, 2.75) is 32.4 Å². The van der Waals surface area contributed by atoms with Gasteiger partial charge < -0.3 is 5.32 Å². The van der Waals surface area contributed by atoms with Crippen LogP contribution in [0, 0.1) is 0 Å². The van der Waals surface area contributed by atoms with Crippen LogP contribution >= 0.6 is 11.3 Å². The van der Waals surface area contributed by atoms with Crippen molar-refractivity contribution >= 4 is 31.6 Å². The number of nitrogens with zero attached hydrogens (tertiary/aromatic N) is 1. The summed E-state index contributed by atoms with van der Waals surface area (Å²) >= 11 is 1.67. The topological polar surface area (TPSA) is 71.1 Å². The summed E-state index contributed by atoms with van der Waals surface area (Å²) < 4.78 is 26.4. The average Bonchev–Trinajstić information content (AvgIpc) is 2.80. The molecule has 1 unspecified atom stereocenters. The van der Waals surface area contributed by atoms with E-state index in [1.165, 1.54) is 6.26 Å². The smallest absolute Gasteiger partial charge is 0.209 e. The van der Waals surface area contributed by atoms with Gasteiger partial charge >= 0.3 is 0 Å². The number of nitrogens with one attached hydrogen (secondary N) is 2. The van der Waals surface area contributed by atoms with E-state index in [2.05, 4.69) is 21.1 Å². The Bertz CT molecular complexity index is 723. The van der Waals surface area contributed by atoms with Gasteiger partial charge in [-0.15, -0.1) is 11.3 Å². The molecule has 7 heteroatoms. The Balaban J connectivity index is 2.02. The Morgan fingerprint density at radius 3 is 2.81 bits per heavy atom. The first-order valence-corrected chi connectivity index (χ1v) is 9.49. The van der Waals surface area contributed by atoms with Crippen molar-refractivity contribution in [3.63, 3.8) is 0 Å². The molecule has 0 aliphatic heterocycles. The van der Waals surface area contributed by atoms with Crippen molar-refractivity contribution in [3.05, 3.63) is 29.3 Å². The monoisotopic (exact) mass is 327 g/mol. The molecule has 0 bridgehead atoms. The van der Waals surface area contributed by atoms with Crippen molar-refractivity contribution in [1.82, 2.24) is 15.0 Å². The minimum absolute atomic E-state index is 0.102. The highest BCUT2D eigenvalue weighted by molar-refractivity contribution is 7.88. The molecule has 1 atom stereocenters. The molecule has 0 amide bonds. The largest absolute Gasteiger partial charge is 0.308 e. The summed E-state index contributed by atoms with van der Waals surface area (Å²) in [6, 6.07) is 4.23. The molecule has 2 aromatic rings. The van der Waals surface area contributed by atoms with Crippen LogP contribution in [0.4, 0.5) is 0 Å². The molecule has 0 spiro atoms. The summed E-state index contributed by atoms with van der Waals surface area (Å²) in [6.07, 6.45) is 3.04. The van der Waals surface area contributed by atoms with Crippen molar-refractivity contribution in [3.8, 4) is 0 Å². The second kappa shape index (κ2) is 6.00. The van der Waals surface area contributed by atoms with Crippen LogP contribution in [0.25, 0.3) is 10.2 Å². The number of thiophene rings is 1. The van der Waals surface area contributed by atoms with Crippen LogP contribution in [-0.2, 0) is 10.0 Å². The van der Waals surface area contributed by atoms with Crippen LogP contribution in [0.5, 0.6) is 0 Å². The van der Waals surface area contributed by atoms with E-state index in [0.717, 1.165) is 15.8 Å². The zero-order valence-electron chi connectivity index (χ0n) is 12.7. The van der Waals surface area contributed by atoms with Gasteiger partial charge in [-0.1, -0.05) is 0 Å². The molecule has 2 rings (SSSR count). The second-order valence-corrected chi connectivity index (χ2v) is 8.63. The van der Waals surface area contributed by atoms with Gasteiger partial charge in [-0.2, -0.15) is 0 Å². The normalized spacial score (nSPS) is 14.5. The number of pyridine rings is 1.